The van der Waals surface area contributed by atoms with Crippen molar-refractivity contribution in [3.63, 3.8) is 0 Å². The number of carbonyl (C=O) groups is 1. The molecule has 0 radical (unpaired) electrons. The molecule has 0 saturated heterocycles. The van der Waals surface area contributed by atoms with E-state index in [0.29, 0.717) is 3.57 Å². The van der Waals surface area contributed by atoms with Crippen LogP contribution in [0, 0.1) is 15.2 Å². The second-order valence-electron chi connectivity index (χ2n) is 7.09. The molecule has 0 aliphatic carbocycles. The molecule has 7 nitrogen and oxygen atoms in total. The Morgan fingerprint density at radius 3 is 2.50 bits per heavy atom. The van der Waals surface area contributed by atoms with Crippen LogP contribution in [0.5, 0.6) is 0 Å². The fourth-order valence-electron chi connectivity index (χ4n) is 2.97. The van der Waals surface area contributed by atoms with E-state index in [1.54, 1.807) is 0 Å². The zero-order valence-corrected chi connectivity index (χ0v) is 20.1. The van der Waals surface area contributed by atoms with Crippen molar-refractivity contribution in [3.8, 4) is 11.3 Å². The number of carbonyl (C=O) groups excluding carboxylic acids is 1. The first-order valence-corrected chi connectivity index (χ1v) is 12.4. The quantitative estimate of drug-likeness (QED) is 0.294. The van der Waals surface area contributed by atoms with Gasteiger partial charge < -0.3 is 11.1 Å². The second kappa shape index (κ2) is 9.77. The van der Waals surface area contributed by atoms with Crippen molar-refractivity contribution in [2.75, 3.05) is 11.6 Å². The molecule has 0 saturated carbocycles. The van der Waals surface area contributed by atoms with Gasteiger partial charge in [0.15, 0.2) is 5.82 Å². The number of nitrogens with two attached hydrogens (primary N) is 1. The van der Waals surface area contributed by atoms with E-state index in [4.69, 9.17) is 5.73 Å². The lowest BCUT2D eigenvalue weighted by Gasteiger charge is -2.14. The normalized spacial score (nSPS) is 13.3. The minimum absolute atomic E-state index is 0.0687. The molecule has 34 heavy (non-hydrogen) atoms. The highest BCUT2D eigenvalue weighted by Crippen LogP contribution is 2.33. The van der Waals surface area contributed by atoms with E-state index in [-0.39, 0.29) is 22.8 Å². The molecule has 1 unspecified atom stereocenters. The van der Waals surface area contributed by atoms with Crippen molar-refractivity contribution in [1.29, 1.82) is 0 Å². The van der Waals surface area contributed by atoms with Crippen molar-refractivity contribution in [2.45, 2.75) is 11.9 Å². The number of halogens is 6. The molecule has 180 valence electrons. The van der Waals surface area contributed by atoms with Crippen LogP contribution < -0.4 is 11.1 Å². The number of benzene rings is 2. The SMILES string of the molecule is CS(=O)(Cc1cc(Nc2ncc(F)c(-c3ccc(I)cc3F)n2)cc(C(F)(F)F)c1)=NC(N)=O. The summed E-state index contributed by atoms with van der Waals surface area (Å²) in [5.74, 6) is -2.49. The van der Waals surface area contributed by atoms with Gasteiger partial charge in [-0.25, -0.2) is 27.8 Å². The number of amides is 2. The predicted molar refractivity (Wildman–Crippen MR) is 125 cm³/mol. The van der Waals surface area contributed by atoms with Crippen molar-refractivity contribution >= 4 is 50.0 Å². The Morgan fingerprint density at radius 2 is 1.88 bits per heavy atom. The molecule has 0 aliphatic heterocycles. The van der Waals surface area contributed by atoms with Gasteiger partial charge in [0.25, 0.3) is 0 Å². The van der Waals surface area contributed by atoms with Gasteiger partial charge >= 0.3 is 12.2 Å². The largest absolute Gasteiger partial charge is 0.416 e. The maximum atomic E-state index is 14.3. The first-order valence-electron chi connectivity index (χ1n) is 9.19. The van der Waals surface area contributed by atoms with Gasteiger partial charge in [-0.15, -0.1) is 4.36 Å². The lowest BCUT2D eigenvalue weighted by molar-refractivity contribution is -0.137. The second-order valence-corrected chi connectivity index (χ2v) is 10.7. The number of primary amides is 1. The highest BCUT2D eigenvalue weighted by molar-refractivity contribution is 14.1. The first-order chi connectivity index (χ1) is 15.7. The van der Waals surface area contributed by atoms with Gasteiger partial charge in [-0.1, -0.05) is 0 Å². The maximum absolute atomic E-state index is 14.3. The Bertz CT molecular complexity index is 1390. The summed E-state index contributed by atoms with van der Waals surface area (Å²) in [6, 6.07) is 5.51. The number of aromatic nitrogens is 2. The van der Waals surface area contributed by atoms with E-state index in [2.05, 4.69) is 19.6 Å². The summed E-state index contributed by atoms with van der Waals surface area (Å²) in [5.41, 5.74) is 3.03. The number of hydrogen-bond acceptors (Lipinski definition) is 5. The van der Waals surface area contributed by atoms with E-state index in [1.807, 2.05) is 22.6 Å². The minimum Gasteiger partial charge on any atom is -0.349 e. The van der Waals surface area contributed by atoms with Gasteiger partial charge in [0.1, 0.15) is 11.5 Å². The van der Waals surface area contributed by atoms with Crippen LogP contribution in [-0.4, -0.2) is 26.5 Å². The summed E-state index contributed by atoms with van der Waals surface area (Å²) in [5, 5.41) is 2.52. The number of alkyl halides is 3. The highest BCUT2D eigenvalue weighted by atomic mass is 127. The van der Waals surface area contributed by atoms with Gasteiger partial charge in [-0.05, 0) is 64.6 Å². The lowest BCUT2D eigenvalue weighted by Crippen LogP contribution is -2.12. The zero-order chi connectivity index (χ0) is 25.3. The van der Waals surface area contributed by atoms with E-state index in [1.165, 1.54) is 24.3 Å². The fourth-order valence-corrected chi connectivity index (χ4v) is 4.65. The smallest absolute Gasteiger partial charge is 0.349 e. The van der Waals surface area contributed by atoms with Gasteiger partial charge in [0, 0.05) is 21.1 Å². The average Bonchev–Trinajstić information content (AvgIpc) is 2.67. The third-order valence-electron chi connectivity index (χ3n) is 4.22. The summed E-state index contributed by atoms with van der Waals surface area (Å²) in [6.07, 6.45) is -2.93. The van der Waals surface area contributed by atoms with Gasteiger partial charge in [-0.2, -0.15) is 13.2 Å². The molecular formula is C20H15F5IN5O2S. The predicted octanol–water partition coefficient (Wildman–Crippen LogP) is 5.47. The molecule has 1 aromatic heterocycles. The molecular weight excluding hydrogens is 596 g/mol. The number of hydrogen-bond donors (Lipinski definition) is 2. The Kier molecular flexibility index (Phi) is 7.40. The molecule has 3 aromatic rings. The monoisotopic (exact) mass is 611 g/mol. The Labute approximate surface area is 204 Å². The van der Waals surface area contributed by atoms with Crippen molar-refractivity contribution in [1.82, 2.24) is 9.97 Å². The van der Waals surface area contributed by atoms with Crippen LogP contribution in [0.1, 0.15) is 11.1 Å². The van der Waals surface area contributed by atoms with E-state index < -0.39 is 50.6 Å². The van der Waals surface area contributed by atoms with Gasteiger partial charge in [0.05, 0.1) is 27.2 Å². The molecule has 1 atom stereocenters. The molecule has 1 heterocycles. The minimum atomic E-state index is -4.76. The van der Waals surface area contributed by atoms with Crippen LogP contribution in [0.25, 0.3) is 11.3 Å². The lowest BCUT2D eigenvalue weighted by atomic mass is 10.1. The number of nitrogens with one attached hydrogen (secondary N) is 1. The van der Waals surface area contributed by atoms with Crippen LogP contribution in [0.15, 0.2) is 47.0 Å². The first kappa shape index (κ1) is 25.7. The Morgan fingerprint density at radius 1 is 1.18 bits per heavy atom. The summed E-state index contributed by atoms with van der Waals surface area (Å²) >= 11 is 1.88. The standard InChI is InChI=1S/C20H15F5IN5O2S/c1-34(33,31-18(27)32)9-10-4-11(20(23,24)25)6-13(5-10)29-19-28-8-16(22)17(30-19)14-3-2-12(26)7-15(14)21/h2-8H,9H2,1H3,(H2,27,32)(H,28,29,30). The topological polar surface area (TPSA) is 110 Å². The van der Waals surface area contributed by atoms with Gasteiger partial charge in [0.2, 0.25) is 5.95 Å². The van der Waals surface area contributed by atoms with Crippen LogP contribution in [0.3, 0.4) is 0 Å². The summed E-state index contributed by atoms with van der Waals surface area (Å²) in [6.45, 7) is 0. The van der Waals surface area contributed by atoms with E-state index in [0.717, 1.165) is 24.6 Å². The van der Waals surface area contributed by atoms with E-state index >= 15 is 0 Å². The number of urea groups is 1. The fraction of sp³-hybridized carbons (Fsp3) is 0.150. The third-order valence-corrected chi connectivity index (χ3v) is 6.33. The van der Waals surface area contributed by atoms with Crippen molar-refractivity contribution < 1.29 is 31.0 Å². The zero-order valence-electron chi connectivity index (χ0n) is 17.2. The third kappa shape index (κ3) is 6.59. The maximum Gasteiger partial charge on any atom is 0.416 e. The molecule has 14 heteroatoms. The Balaban J connectivity index is 2.04. The van der Waals surface area contributed by atoms with Crippen molar-refractivity contribution in [2.24, 2.45) is 10.1 Å². The van der Waals surface area contributed by atoms with Crippen LogP contribution in [0.2, 0.25) is 0 Å². The molecule has 2 amide bonds. The van der Waals surface area contributed by atoms with Crippen LogP contribution in [0.4, 0.5) is 38.4 Å². The van der Waals surface area contributed by atoms with Crippen molar-refractivity contribution in [3.05, 3.63) is 68.9 Å². The number of rotatable bonds is 5. The molecule has 3 rings (SSSR count). The summed E-state index contributed by atoms with van der Waals surface area (Å²) < 4.78 is 85.1. The molecule has 0 fully saturated rings. The molecule has 3 N–H and O–H groups in total. The summed E-state index contributed by atoms with van der Waals surface area (Å²) in [4.78, 5) is 18.6. The van der Waals surface area contributed by atoms with E-state index in [9.17, 15) is 31.0 Å². The molecule has 0 spiro atoms. The number of nitrogens with zero attached hydrogens (tertiary/aromatic N) is 3. The van der Waals surface area contributed by atoms with Crippen LogP contribution in [-0.2, 0) is 21.7 Å². The van der Waals surface area contributed by atoms with Gasteiger partial charge in [-0.3, -0.25) is 0 Å². The Hall–Kier alpha value is -2.88. The van der Waals surface area contributed by atoms with Crippen LogP contribution >= 0.6 is 22.6 Å². The molecule has 0 bridgehead atoms. The summed E-state index contributed by atoms with van der Waals surface area (Å²) in [7, 11) is -3.26. The highest BCUT2D eigenvalue weighted by Gasteiger charge is 2.31. The molecule has 0 aliphatic rings. The number of anilines is 2. The average molecular weight is 611 g/mol. The molecule has 2 aromatic carbocycles.